The van der Waals surface area contributed by atoms with E-state index in [1.165, 1.54) is 0 Å². The fraction of sp³-hybridized carbons (Fsp3) is 0.711. The average molecular weight is 717 g/mol. The molecule has 0 aliphatic heterocycles. The Kier molecular flexibility index (Phi) is 11.4. The highest BCUT2D eigenvalue weighted by Crippen LogP contribution is 2.58. The predicted octanol–water partition coefficient (Wildman–Crippen LogP) is 9.03. The maximum Gasteiger partial charge on any atom is 0.419 e. The first-order chi connectivity index (χ1) is 22.9. The Morgan fingerprint density at radius 2 is 1.50 bits per heavy atom. The van der Waals surface area contributed by atoms with Gasteiger partial charge in [0.25, 0.3) is 0 Å². The Bertz CT molecular complexity index is 1540. The molecule has 2 aromatic heterocycles. The van der Waals surface area contributed by atoms with Gasteiger partial charge in [-0.25, -0.2) is 24.3 Å². The molecule has 0 aromatic carbocycles. The van der Waals surface area contributed by atoms with Gasteiger partial charge >= 0.3 is 18.2 Å². The normalized spacial score (nSPS) is 24.0. The van der Waals surface area contributed by atoms with Gasteiger partial charge in [0.2, 0.25) is 0 Å². The Hall–Kier alpha value is -3.18. The summed E-state index contributed by atoms with van der Waals surface area (Å²) in [4.78, 5) is 44.6. The van der Waals surface area contributed by atoms with Gasteiger partial charge in [-0.3, -0.25) is 4.68 Å². The van der Waals surface area contributed by atoms with Crippen LogP contribution in [0.2, 0.25) is 5.15 Å². The van der Waals surface area contributed by atoms with Gasteiger partial charge in [0, 0.05) is 23.4 Å². The van der Waals surface area contributed by atoms with Crippen LogP contribution in [-0.2, 0) is 25.5 Å². The van der Waals surface area contributed by atoms with Gasteiger partial charge in [-0.2, -0.15) is 5.10 Å². The zero-order chi connectivity index (χ0) is 37.4. The van der Waals surface area contributed by atoms with Crippen LogP contribution >= 0.6 is 11.6 Å². The van der Waals surface area contributed by atoms with Crippen molar-refractivity contribution in [3.8, 4) is 11.1 Å². The van der Waals surface area contributed by atoms with E-state index in [1.807, 2.05) is 32.4 Å². The summed E-state index contributed by atoms with van der Waals surface area (Å²) in [6.45, 7) is 23.5. The fourth-order valence-electron chi connectivity index (χ4n) is 7.95. The molecule has 2 amide bonds. The van der Waals surface area contributed by atoms with Gasteiger partial charge in [0.05, 0.1) is 25.5 Å². The molecule has 2 bridgehead atoms. The van der Waals surface area contributed by atoms with Crippen LogP contribution in [0.25, 0.3) is 11.1 Å². The van der Waals surface area contributed by atoms with Crippen molar-refractivity contribution in [2.24, 2.45) is 16.7 Å². The van der Waals surface area contributed by atoms with E-state index in [0.717, 1.165) is 48.3 Å². The molecule has 278 valence electrons. The van der Waals surface area contributed by atoms with E-state index in [-0.39, 0.29) is 40.9 Å². The van der Waals surface area contributed by atoms with Crippen LogP contribution in [0.3, 0.4) is 0 Å². The van der Waals surface area contributed by atoms with Gasteiger partial charge in [0.1, 0.15) is 22.0 Å². The lowest BCUT2D eigenvalue weighted by atomic mass is 9.52. The van der Waals surface area contributed by atoms with Crippen molar-refractivity contribution in [3.05, 3.63) is 34.9 Å². The summed E-state index contributed by atoms with van der Waals surface area (Å²) in [5.41, 5.74) is 0.222. The first-order valence-electron chi connectivity index (χ1n) is 17.6. The third-order valence-electron chi connectivity index (χ3n) is 9.03. The molecule has 4 atom stereocenters. The standard InChI is InChI=1S/C38H57ClN4O7/c1-24-17-37(12)19-26(47-16-15-42(32(45)49-35(6,7)8)33(46)50-36(9,10)11)20-38(18-24,22-37)23-43-25(2)28(21-40-43)27-13-14-29(39)41-30(27)31(44)48-34(3,4)5/h13-14,21,24,26H,15-20,22-23H2,1-12H3. The number of ether oxygens (including phenoxy) is 4. The van der Waals surface area contributed by atoms with Crippen molar-refractivity contribution in [1.82, 2.24) is 19.7 Å². The Balaban J connectivity index is 1.55. The third-order valence-corrected chi connectivity index (χ3v) is 9.24. The molecule has 2 saturated carbocycles. The number of halogens is 1. The summed E-state index contributed by atoms with van der Waals surface area (Å²) in [6.07, 6.45) is 5.03. The highest BCUT2D eigenvalue weighted by molar-refractivity contribution is 6.29. The van der Waals surface area contributed by atoms with E-state index >= 15 is 0 Å². The van der Waals surface area contributed by atoms with Crippen molar-refractivity contribution in [2.45, 2.75) is 145 Å². The topological polar surface area (TPSA) is 122 Å². The fourth-order valence-corrected chi connectivity index (χ4v) is 8.09. The molecule has 2 aromatic rings. The molecule has 0 spiro atoms. The zero-order valence-corrected chi connectivity index (χ0v) is 32.8. The summed E-state index contributed by atoms with van der Waals surface area (Å²) < 4.78 is 25.3. The number of aromatic nitrogens is 3. The lowest BCUT2D eigenvalue weighted by molar-refractivity contribution is -0.112. The molecule has 2 aliphatic rings. The van der Waals surface area contributed by atoms with Gasteiger partial charge in [0.15, 0.2) is 5.69 Å². The highest BCUT2D eigenvalue weighted by atomic mass is 35.5. The van der Waals surface area contributed by atoms with Crippen LogP contribution in [0.15, 0.2) is 18.3 Å². The maximum absolute atomic E-state index is 13.2. The number of carbonyl (C=O) groups is 3. The first kappa shape index (κ1) is 39.6. The number of carbonyl (C=O) groups excluding carboxylic acids is 3. The average Bonchev–Trinajstić information content (AvgIpc) is 3.25. The van der Waals surface area contributed by atoms with E-state index in [0.29, 0.717) is 18.0 Å². The van der Waals surface area contributed by atoms with Crippen LogP contribution < -0.4 is 0 Å². The maximum atomic E-state index is 13.2. The first-order valence-corrected chi connectivity index (χ1v) is 18.0. The van der Waals surface area contributed by atoms with Crippen LogP contribution in [0.1, 0.15) is 124 Å². The van der Waals surface area contributed by atoms with Crippen molar-refractivity contribution in [2.75, 3.05) is 13.2 Å². The number of fused-ring (bicyclic) bond motifs is 2. The molecule has 2 heterocycles. The van der Waals surface area contributed by atoms with Crippen molar-refractivity contribution < 1.29 is 33.3 Å². The SMILES string of the molecule is Cc1c(-c2ccc(Cl)nc2C(=O)OC(C)(C)C)cnn1CC12CC(C)CC(C)(CC(OCCN(C(=O)OC(C)(C)C)C(=O)OC(C)(C)C)C1)C2. The molecule has 2 fully saturated rings. The zero-order valence-electron chi connectivity index (χ0n) is 32.1. The summed E-state index contributed by atoms with van der Waals surface area (Å²) in [7, 11) is 0. The molecule has 12 heteroatoms. The molecule has 50 heavy (non-hydrogen) atoms. The molecular formula is C38H57ClN4O7. The van der Waals surface area contributed by atoms with Gasteiger partial charge < -0.3 is 18.9 Å². The lowest BCUT2D eigenvalue weighted by Crippen LogP contribution is -2.50. The van der Waals surface area contributed by atoms with Gasteiger partial charge in [-0.05, 0) is 130 Å². The molecule has 4 unspecified atom stereocenters. The van der Waals surface area contributed by atoms with E-state index in [2.05, 4.69) is 18.8 Å². The van der Waals surface area contributed by atoms with Crippen molar-refractivity contribution in [3.63, 3.8) is 0 Å². The summed E-state index contributed by atoms with van der Waals surface area (Å²) >= 11 is 6.23. The second-order valence-electron chi connectivity index (χ2n) is 17.8. The van der Waals surface area contributed by atoms with E-state index < -0.39 is 35.0 Å². The smallest absolute Gasteiger partial charge is 0.419 e. The Morgan fingerprint density at radius 3 is 2.08 bits per heavy atom. The molecule has 4 rings (SSSR count). The second kappa shape index (κ2) is 14.4. The number of rotatable bonds is 8. The predicted molar refractivity (Wildman–Crippen MR) is 192 cm³/mol. The Morgan fingerprint density at radius 1 is 0.900 bits per heavy atom. The minimum absolute atomic E-state index is 0.0111. The van der Waals surface area contributed by atoms with Gasteiger partial charge in [-0.1, -0.05) is 25.4 Å². The van der Waals surface area contributed by atoms with Crippen LogP contribution in [0.5, 0.6) is 0 Å². The quantitative estimate of drug-likeness (QED) is 0.150. The number of hydrogen-bond donors (Lipinski definition) is 0. The number of imide groups is 1. The van der Waals surface area contributed by atoms with Gasteiger partial charge in [-0.15, -0.1) is 0 Å². The number of esters is 1. The molecule has 2 aliphatic carbocycles. The van der Waals surface area contributed by atoms with Crippen LogP contribution in [-0.4, -0.2) is 73.9 Å². The largest absolute Gasteiger partial charge is 0.455 e. The molecule has 11 nitrogen and oxygen atoms in total. The number of nitrogens with zero attached hydrogens (tertiary/aromatic N) is 4. The van der Waals surface area contributed by atoms with Crippen LogP contribution in [0, 0.1) is 23.7 Å². The number of amides is 2. The highest BCUT2D eigenvalue weighted by Gasteiger charge is 2.51. The molecule has 0 radical (unpaired) electrons. The molecule has 0 saturated heterocycles. The summed E-state index contributed by atoms with van der Waals surface area (Å²) in [6, 6.07) is 3.47. The molecule has 0 N–H and O–H groups in total. The third kappa shape index (κ3) is 10.4. The monoisotopic (exact) mass is 716 g/mol. The minimum atomic E-state index is -0.775. The Labute approximate surface area is 302 Å². The molecular weight excluding hydrogens is 660 g/mol. The van der Waals surface area contributed by atoms with Crippen molar-refractivity contribution in [1.29, 1.82) is 0 Å². The lowest BCUT2D eigenvalue weighted by Gasteiger charge is -2.55. The number of pyridine rings is 1. The van der Waals surface area contributed by atoms with E-state index in [4.69, 9.17) is 35.6 Å². The van der Waals surface area contributed by atoms with E-state index in [9.17, 15) is 14.4 Å². The van der Waals surface area contributed by atoms with Crippen LogP contribution in [0.4, 0.5) is 9.59 Å². The second-order valence-corrected chi connectivity index (χ2v) is 18.2. The summed E-state index contributed by atoms with van der Waals surface area (Å²) in [5.74, 6) is -0.0131. The van der Waals surface area contributed by atoms with Crippen molar-refractivity contribution >= 4 is 29.8 Å². The minimum Gasteiger partial charge on any atom is -0.455 e. The summed E-state index contributed by atoms with van der Waals surface area (Å²) in [5, 5.41) is 5.05. The van der Waals surface area contributed by atoms with E-state index in [1.54, 1.807) is 59.9 Å². The number of hydrogen-bond acceptors (Lipinski definition) is 9.